The molecule has 0 spiro atoms. The van der Waals surface area contributed by atoms with Gasteiger partial charge in [0.15, 0.2) is 0 Å². The van der Waals surface area contributed by atoms with Crippen LogP contribution in [0.15, 0.2) is 0 Å². The lowest BCUT2D eigenvalue weighted by molar-refractivity contribution is -0.134. The Balaban J connectivity index is 2.40. The van der Waals surface area contributed by atoms with Crippen LogP contribution in [-0.2, 0) is 4.79 Å². The summed E-state index contributed by atoms with van der Waals surface area (Å²) in [6.45, 7) is 5.79. The lowest BCUT2D eigenvalue weighted by atomic mass is 10.1. The highest BCUT2D eigenvalue weighted by Gasteiger charge is 2.24. The Morgan fingerprint density at radius 3 is 2.82 bits per heavy atom. The van der Waals surface area contributed by atoms with Gasteiger partial charge in [-0.15, -0.1) is 0 Å². The standard InChI is InChI=1S/C13H26N2O2/c1-11(2)14-8-7-13(17)15-9-5-3-4-6-12(15)10-16/h11-12,14,16H,3-10H2,1-2H3. The quantitative estimate of drug-likeness (QED) is 0.760. The van der Waals surface area contributed by atoms with Crippen molar-refractivity contribution in [1.82, 2.24) is 10.2 Å². The zero-order chi connectivity index (χ0) is 12.7. The molecule has 2 N–H and O–H groups in total. The van der Waals surface area contributed by atoms with Gasteiger partial charge in [-0.1, -0.05) is 26.7 Å². The first-order valence-corrected chi connectivity index (χ1v) is 6.79. The number of nitrogens with one attached hydrogen (secondary N) is 1. The van der Waals surface area contributed by atoms with Crippen LogP contribution in [0.1, 0.15) is 46.0 Å². The average molecular weight is 242 g/mol. The van der Waals surface area contributed by atoms with E-state index in [1.54, 1.807) is 0 Å². The Labute approximate surface area is 104 Å². The van der Waals surface area contributed by atoms with Gasteiger partial charge in [-0.05, 0) is 12.8 Å². The van der Waals surface area contributed by atoms with Crippen LogP contribution in [0.4, 0.5) is 0 Å². The molecule has 100 valence electrons. The minimum atomic E-state index is 0.0454. The van der Waals surface area contributed by atoms with Gasteiger partial charge in [0.1, 0.15) is 0 Å². The molecular weight excluding hydrogens is 216 g/mol. The molecule has 17 heavy (non-hydrogen) atoms. The molecule has 0 aromatic rings. The summed E-state index contributed by atoms with van der Waals surface area (Å²) in [6.07, 6.45) is 4.85. The molecule has 1 aliphatic heterocycles. The monoisotopic (exact) mass is 242 g/mol. The van der Waals surface area contributed by atoms with Crippen molar-refractivity contribution in [2.45, 2.75) is 58.0 Å². The molecule has 0 aromatic heterocycles. The molecule has 1 fully saturated rings. The molecule has 4 heteroatoms. The van der Waals surface area contributed by atoms with Crippen molar-refractivity contribution >= 4 is 5.91 Å². The van der Waals surface area contributed by atoms with Crippen molar-refractivity contribution in [2.24, 2.45) is 0 Å². The van der Waals surface area contributed by atoms with E-state index >= 15 is 0 Å². The molecule has 0 radical (unpaired) electrons. The minimum absolute atomic E-state index is 0.0454. The summed E-state index contributed by atoms with van der Waals surface area (Å²) in [7, 11) is 0. The third-order valence-corrected chi connectivity index (χ3v) is 3.30. The van der Waals surface area contributed by atoms with E-state index in [1.807, 2.05) is 4.90 Å². The largest absolute Gasteiger partial charge is 0.394 e. The van der Waals surface area contributed by atoms with E-state index in [0.29, 0.717) is 12.5 Å². The maximum absolute atomic E-state index is 12.1. The van der Waals surface area contributed by atoms with E-state index in [-0.39, 0.29) is 18.6 Å². The van der Waals surface area contributed by atoms with Gasteiger partial charge < -0.3 is 15.3 Å². The van der Waals surface area contributed by atoms with E-state index in [1.165, 1.54) is 6.42 Å². The van der Waals surface area contributed by atoms with Crippen LogP contribution in [0.25, 0.3) is 0 Å². The second-order valence-electron chi connectivity index (χ2n) is 5.13. The van der Waals surface area contributed by atoms with Crippen molar-refractivity contribution in [3.8, 4) is 0 Å². The molecule has 0 aromatic carbocycles. The Kier molecular flexibility index (Phi) is 6.52. The first-order valence-electron chi connectivity index (χ1n) is 6.79. The van der Waals surface area contributed by atoms with Crippen LogP contribution in [0.3, 0.4) is 0 Å². The van der Waals surface area contributed by atoms with Crippen molar-refractivity contribution < 1.29 is 9.90 Å². The van der Waals surface area contributed by atoms with Crippen molar-refractivity contribution in [3.05, 3.63) is 0 Å². The molecule has 1 aliphatic rings. The van der Waals surface area contributed by atoms with Gasteiger partial charge in [-0.25, -0.2) is 0 Å². The Morgan fingerprint density at radius 2 is 2.18 bits per heavy atom. The molecule has 1 heterocycles. The van der Waals surface area contributed by atoms with Gasteiger partial charge in [0.25, 0.3) is 0 Å². The van der Waals surface area contributed by atoms with Crippen molar-refractivity contribution in [1.29, 1.82) is 0 Å². The minimum Gasteiger partial charge on any atom is -0.394 e. The van der Waals surface area contributed by atoms with Crippen LogP contribution < -0.4 is 5.32 Å². The number of aliphatic hydroxyl groups is 1. The SMILES string of the molecule is CC(C)NCCC(=O)N1CCCCCC1CO. The number of carbonyl (C=O) groups excluding carboxylic acids is 1. The number of rotatable bonds is 5. The third-order valence-electron chi connectivity index (χ3n) is 3.30. The first-order chi connectivity index (χ1) is 8.15. The summed E-state index contributed by atoms with van der Waals surface area (Å²) in [6, 6.07) is 0.463. The summed E-state index contributed by atoms with van der Waals surface area (Å²) in [4.78, 5) is 14.0. The van der Waals surface area contributed by atoms with E-state index in [0.717, 1.165) is 32.4 Å². The highest BCUT2D eigenvalue weighted by atomic mass is 16.3. The number of hydrogen-bond donors (Lipinski definition) is 2. The number of aliphatic hydroxyl groups excluding tert-OH is 1. The normalized spacial score (nSPS) is 21.6. The average Bonchev–Trinajstić information content (AvgIpc) is 2.52. The van der Waals surface area contributed by atoms with Crippen LogP contribution in [0, 0.1) is 0 Å². The fourth-order valence-electron chi connectivity index (χ4n) is 2.31. The molecule has 0 bridgehead atoms. The van der Waals surface area contributed by atoms with Crippen LogP contribution in [0.2, 0.25) is 0 Å². The Morgan fingerprint density at radius 1 is 1.41 bits per heavy atom. The molecule has 1 rings (SSSR count). The smallest absolute Gasteiger partial charge is 0.224 e. The summed E-state index contributed by atoms with van der Waals surface area (Å²) in [5, 5.41) is 12.6. The van der Waals surface area contributed by atoms with Gasteiger partial charge >= 0.3 is 0 Å². The Bertz CT molecular complexity index is 231. The lowest BCUT2D eigenvalue weighted by Gasteiger charge is -2.28. The summed E-state index contributed by atoms with van der Waals surface area (Å²) < 4.78 is 0. The first kappa shape index (κ1) is 14.5. The molecule has 4 nitrogen and oxygen atoms in total. The second-order valence-corrected chi connectivity index (χ2v) is 5.13. The molecular formula is C13H26N2O2. The zero-order valence-corrected chi connectivity index (χ0v) is 11.1. The number of likely N-dealkylation sites (tertiary alicyclic amines) is 1. The lowest BCUT2D eigenvalue weighted by Crippen LogP contribution is -2.43. The van der Waals surface area contributed by atoms with Gasteiger partial charge in [-0.2, -0.15) is 0 Å². The summed E-state index contributed by atoms with van der Waals surface area (Å²) in [5.74, 6) is 0.180. The predicted octanol–water partition coefficient (Wildman–Crippen LogP) is 1.14. The fourth-order valence-corrected chi connectivity index (χ4v) is 2.31. The molecule has 1 atom stereocenters. The number of amides is 1. The molecule has 0 saturated carbocycles. The summed E-state index contributed by atoms with van der Waals surface area (Å²) >= 11 is 0. The fraction of sp³-hybridized carbons (Fsp3) is 0.923. The summed E-state index contributed by atoms with van der Waals surface area (Å²) in [5.41, 5.74) is 0. The molecule has 0 aliphatic carbocycles. The molecule has 1 saturated heterocycles. The van der Waals surface area contributed by atoms with Crippen LogP contribution in [0.5, 0.6) is 0 Å². The van der Waals surface area contributed by atoms with E-state index in [9.17, 15) is 9.90 Å². The maximum atomic E-state index is 12.1. The predicted molar refractivity (Wildman–Crippen MR) is 68.8 cm³/mol. The van der Waals surface area contributed by atoms with Crippen LogP contribution in [-0.4, -0.2) is 47.7 Å². The Hall–Kier alpha value is -0.610. The molecule has 1 unspecified atom stereocenters. The topological polar surface area (TPSA) is 52.6 Å². The van der Waals surface area contributed by atoms with Gasteiger partial charge in [0.05, 0.1) is 12.6 Å². The van der Waals surface area contributed by atoms with E-state index in [4.69, 9.17) is 0 Å². The number of carbonyl (C=O) groups is 1. The van der Waals surface area contributed by atoms with Gasteiger partial charge in [0.2, 0.25) is 5.91 Å². The van der Waals surface area contributed by atoms with Crippen LogP contribution >= 0.6 is 0 Å². The van der Waals surface area contributed by atoms with E-state index < -0.39 is 0 Å². The number of nitrogens with zero attached hydrogens (tertiary/aromatic N) is 1. The van der Waals surface area contributed by atoms with Gasteiger partial charge in [-0.3, -0.25) is 4.79 Å². The van der Waals surface area contributed by atoms with Crippen molar-refractivity contribution in [2.75, 3.05) is 19.7 Å². The maximum Gasteiger partial charge on any atom is 0.224 e. The number of hydrogen-bond acceptors (Lipinski definition) is 3. The highest BCUT2D eigenvalue weighted by molar-refractivity contribution is 5.76. The van der Waals surface area contributed by atoms with E-state index in [2.05, 4.69) is 19.2 Å². The van der Waals surface area contributed by atoms with Gasteiger partial charge in [0, 0.05) is 25.6 Å². The zero-order valence-electron chi connectivity index (χ0n) is 11.1. The third kappa shape index (κ3) is 5.04. The molecule has 1 amide bonds. The second kappa shape index (κ2) is 7.67. The highest BCUT2D eigenvalue weighted by Crippen LogP contribution is 2.17. The van der Waals surface area contributed by atoms with Crippen molar-refractivity contribution in [3.63, 3.8) is 0 Å².